The predicted octanol–water partition coefficient (Wildman–Crippen LogP) is 4.64. The van der Waals surface area contributed by atoms with Crippen molar-refractivity contribution in [3.63, 3.8) is 0 Å². The quantitative estimate of drug-likeness (QED) is 0.357. The average molecular weight is 523 g/mol. The second kappa shape index (κ2) is 8.35. The number of aromatic nitrogens is 4. The van der Waals surface area contributed by atoms with Crippen LogP contribution in [0.15, 0.2) is 71.0 Å². The summed E-state index contributed by atoms with van der Waals surface area (Å²) in [6.45, 7) is 0. The van der Waals surface area contributed by atoms with Crippen LogP contribution >= 0.6 is 11.3 Å². The molecule has 1 saturated carbocycles. The van der Waals surface area contributed by atoms with E-state index in [1.807, 2.05) is 22.9 Å². The summed E-state index contributed by atoms with van der Waals surface area (Å²) in [5.74, 6) is -0.441. The minimum absolute atomic E-state index is 0.0400. The number of sulfone groups is 1. The maximum atomic E-state index is 14.0. The van der Waals surface area contributed by atoms with Crippen LogP contribution in [0.2, 0.25) is 0 Å². The van der Waals surface area contributed by atoms with Gasteiger partial charge >= 0.3 is 0 Å². The van der Waals surface area contributed by atoms with Gasteiger partial charge in [-0.15, -0.1) is 11.3 Å². The van der Waals surface area contributed by atoms with Gasteiger partial charge in [0.2, 0.25) is 5.78 Å². The molecule has 2 aliphatic rings. The first kappa shape index (κ1) is 23.1. The summed E-state index contributed by atoms with van der Waals surface area (Å²) in [6.07, 6.45) is 8.59. The van der Waals surface area contributed by atoms with Gasteiger partial charge in [0.15, 0.2) is 19.9 Å². The van der Waals surface area contributed by atoms with E-state index in [1.54, 1.807) is 37.0 Å². The molecule has 3 aromatic heterocycles. The third kappa shape index (κ3) is 3.58. The van der Waals surface area contributed by atoms with Gasteiger partial charge in [-0.25, -0.2) is 17.8 Å². The zero-order valence-electron chi connectivity index (χ0n) is 19.5. The van der Waals surface area contributed by atoms with Crippen molar-refractivity contribution in [2.75, 3.05) is 0 Å². The number of allylic oxidation sites excluding steroid dienone is 1. The highest BCUT2D eigenvalue weighted by Crippen LogP contribution is 2.52. The van der Waals surface area contributed by atoms with Gasteiger partial charge < -0.3 is 4.57 Å². The normalized spacial score (nSPS) is 21.5. The Morgan fingerprint density at radius 3 is 2.67 bits per heavy atom. The smallest absolute Gasteiger partial charge is 0.201 e. The Balaban J connectivity index is 1.45. The van der Waals surface area contributed by atoms with Crippen LogP contribution in [-0.4, -0.2) is 38.8 Å². The van der Waals surface area contributed by atoms with Gasteiger partial charge in [-0.05, 0) is 73.7 Å². The molecule has 36 heavy (non-hydrogen) atoms. The lowest BCUT2D eigenvalue weighted by molar-refractivity contribution is 0.0802. The molecule has 184 valence electrons. The van der Waals surface area contributed by atoms with Crippen molar-refractivity contribution in [1.82, 2.24) is 19.3 Å². The molecule has 4 aromatic rings. The Labute approximate surface area is 211 Å². The highest BCUT2D eigenvalue weighted by atomic mass is 32.2. The number of ketones is 1. The number of benzene rings is 1. The number of Topliss-reactive ketones (excluding diaryl/α,β-unsaturated/α-hetero) is 1. The highest BCUT2D eigenvalue weighted by molar-refractivity contribution is 7.92. The second-order valence-corrected chi connectivity index (χ2v) is 12.5. The van der Waals surface area contributed by atoms with Gasteiger partial charge in [0.25, 0.3) is 0 Å². The van der Waals surface area contributed by atoms with Crippen LogP contribution in [0.5, 0.6) is 0 Å². The third-order valence-corrected chi connectivity index (χ3v) is 10.2. The third-order valence-electron chi connectivity index (χ3n) is 7.33. The van der Waals surface area contributed by atoms with Gasteiger partial charge in [0, 0.05) is 42.4 Å². The van der Waals surface area contributed by atoms with E-state index in [-0.39, 0.29) is 23.0 Å². The highest BCUT2D eigenvalue weighted by Gasteiger charge is 2.52. The molecule has 7 nitrogen and oxygen atoms in total. The van der Waals surface area contributed by atoms with Crippen LogP contribution in [-0.2, 0) is 23.3 Å². The monoisotopic (exact) mass is 522 g/mol. The molecule has 0 radical (unpaired) electrons. The lowest BCUT2D eigenvalue weighted by Gasteiger charge is -2.43. The van der Waals surface area contributed by atoms with E-state index < -0.39 is 20.5 Å². The lowest BCUT2D eigenvalue weighted by Crippen LogP contribution is -2.45. The van der Waals surface area contributed by atoms with Crippen LogP contribution in [0, 0.1) is 11.2 Å². The minimum Gasteiger partial charge on any atom is -0.317 e. The zero-order valence-corrected chi connectivity index (χ0v) is 21.1. The van der Waals surface area contributed by atoms with E-state index in [4.69, 9.17) is 0 Å². The van der Waals surface area contributed by atoms with Crippen molar-refractivity contribution in [3.8, 4) is 5.69 Å². The molecule has 2 aliphatic carbocycles. The van der Waals surface area contributed by atoms with Gasteiger partial charge in [0.05, 0.1) is 10.7 Å². The van der Waals surface area contributed by atoms with Crippen LogP contribution in [0.25, 0.3) is 11.8 Å². The number of fused-ring (bicyclic) bond motifs is 2. The van der Waals surface area contributed by atoms with E-state index in [0.29, 0.717) is 24.3 Å². The van der Waals surface area contributed by atoms with E-state index in [0.717, 1.165) is 22.5 Å². The molecule has 6 rings (SSSR count). The lowest BCUT2D eigenvalue weighted by atomic mass is 9.62. The van der Waals surface area contributed by atoms with E-state index in [1.165, 1.54) is 34.2 Å². The molecular formula is C26H23FN4O3S2. The summed E-state index contributed by atoms with van der Waals surface area (Å²) < 4.78 is 44.0. The average Bonchev–Trinajstić information content (AvgIpc) is 3.63. The Morgan fingerprint density at radius 1 is 1.17 bits per heavy atom. The van der Waals surface area contributed by atoms with Crippen molar-refractivity contribution >= 4 is 33.0 Å². The van der Waals surface area contributed by atoms with Crippen LogP contribution in [0.4, 0.5) is 4.39 Å². The van der Waals surface area contributed by atoms with Crippen LogP contribution < -0.4 is 0 Å². The summed E-state index contributed by atoms with van der Waals surface area (Å²) in [7, 11) is -2.04. The zero-order chi connectivity index (χ0) is 25.1. The van der Waals surface area contributed by atoms with Crippen LogP contribution in [0.3, 0.4) is 0 Å². The molecule has 10 heteroatoms. The number of carbonyl (C=O) groups is 1. The molecular weight excluding hydrogens is 499 g/mol. The fourth-order valence-electron chi connectivity index (χ4n) is 5.53. The molecule has 0 aliphatic heterocycles. The Morgan fingerprint density at radius 2 is 1.97 bits per heavy atom. The molecule has 0 saturated heterocycles. The van der Waals surface area contributed by atoms with Crippen LogP contribution in [0.1, 0.15) is 40.3 Å². The fourth-order valence-corrected chi connectivity index (χ4v) is 7.97. The molecule has 1 fully saturated rings. The topological polar surface area (TPSA) is 86.9 Å². The summed E-state index contributed by atoms with van der Waals surface area (Å²) >= 11 is 1.27. The minimum atomic E-state index is -3.72. The molecule has 0 spiro atoms. The first-order valence-electron chi connectivity index (χ1n) is 11.6. The number of thiazole rings is 1. The largest absolute Gasteiger partial charge is 0.317 e. The molecule has 0 amide bonds. The second-order valence-electron chi connectivity index (χ2n) is 9.40. The molecule has 0 bridgehead atoms. The number of nitrogens with zero attached hydrogens (tertiary/aromatic N) is 4. The van der Waals surface area contributed by atoms with Gasteiger partial charge in [-0.2, -0.15) is 5.10 Å². The maximum absolute atomic E-state index is 14.0. The van der Waals surface area contributed by atoms with Gasteiger partial charge in [-0.3, -0.25) is 9.48 Å². The number of rotatable bonds is 5. The Hall–Kier alpha value is -3.37. The number of carbonyl (C=O) groups excluding carboxylic acids is 1. The number of aryl methyl sites for hydroxylation is 1. The molecule has 1 aromatic carbocycles. The van der Waals surface area contributed by atoms with E-state index >= 15 is 0 Å². The SMILES string of the molecule is Cn1ccc(S(=O)(=O)[C@H]2CCC3=Cc4c(ccn4-c4ccc(F)cc4)C[C@]3(C(=O)c3nccs3)C2)n1. The first-order valence-corrected chi connectivity index (χ1v) is 14.1. The summed E-state index contributed by atoms with van der Waals surface area (Å²) in [5.41, 5.74) is 2.63. The Kier molecular flexibility index (Phi) is 5.34. The predicted molar refractivity (Wildman–Crippen MR) is 134 cm³/mol. The van der Waals surface area contributed by atoms with Crippen molar-refractivity contribution in [2.24, 2.45) is 12.5 Å². The molecule has 0 unspecified atom stereocenters. The molecule has 0 N–H and O–H groups in total. The van der Waals surface area contributed by atoms with Crippen molar-refractivity contribution in [3.05, 3.63) is 88.0 Å². The maximum Gasteiger partial charge on any atom is 0.201 e. The first-order chi connectivity index (χ1) is 17.3. The van der Waals surface area contributed by atoms with Crippen molar-refractivity contribution < 1.29 is 17.6 Å². The fraction of sp³-hybridized carbons (Fsp3) is 0.269. The Bertz CT molecular complexity index is 1600. The number of hydrogen-bond acceptors (Lipinski definition) is 6. The van der Waals surface area contributed by atoms with Gasteiger partial charge in [-0.1, -0.05) is 5.57 Å². The van der Waals surface area contributed by atoms with Gasteiger partial charge in [0.1, 0.15) is 5.82 Å². The standard InChI is InChI=1S/C26H23FN4O3S2/c1-30-11-9-23(29-30)36(33,34)21-7-2-18-14-22-17(8-12-31(22)20-5-3-19(27)4-6-20)15-26(18,16-21)24(32)25-28-10-13-35-25/h3-6,8-14,21H,2,7,15-16H2,1H3/t21-,26-/m0/s1. The summed E-state index contributed by atoms with van der Waals surface area (Å²) in [5, 5.41) is 5.61. The number of halogens is 1. The summed E-state index contributed by atoms with van der Waals surface area (Å²) in [6, 6.07) is 9.74. The van der Waals surface area contributed by atoms with Crippen molar-refractivity contribution in [1.29, 1.82) is 0 Å². The van der Waals surface area contributed by atoms with E-state index in [9.17, 15) is 17.6 Å². The summed E-state index contributed by atoms with van der Waals surface area (Å²) in [4.78, 5) is 18.3. The number of hydrogen-bond donors (Lipinski definition) is 0. The molecule has 3 heterocycles. The molecule has 2 atom stereocenters. The van der Waals surface area contributed by atoms with Crippen molar-refractivity contribution in [2.45, 2.75) is 36.0 Å². The van der Waals surface area contributed by atoms with E-state index in [2.05, 4.69) is 10.1 Å².